The average Bonchev–Trinajstić information content (AvgIpc) is 2.99. The summed E-state index contributed by atoms with van der Waals surface area (Å²) in [4.78, 5) is 0. The van der Waals surface area contributed by atoms with Gasteiger partial charge in [-0.15, -0.1) is 0 Å². The molecule has 2 atom stereocenters. The van der Waals surface area contributed by atoms with Gasteiger partial charge in [0.2, 0.25) is 0 Å². The first-order valence-electron chi connectivity index (χ1n) is 6.83. The molecule has 4 heteroatoms. The highest BCUT2D eigenvalue weighted by molar-refractivity contribution is 5.42. The van der Waals surface area contributed by atoms with Crippen LogP contribution in [-0.2, 0) is 0 Å². The number of methoxy groups -OCH3 is 2. The summed E-state index contributed by atoms with van der Waals surface area (Å²) in [5.41, 5.74) is 7.05. The van der Waals surface area contributed by atoms with Crippen LogP contribution in [0.1, 0.15) is 37.3 Å². The second-order valence-electron chi connectivity index (χ2n) is 5.17. The Morgan fingerprint density at radius 2 is 1.89 bits per heavy atom. The molecule has 1 aliphatic carbocycles. The molecule has 4 nitrogen and oxygen atoms in total. The third-order valence-electron chi connectivity index (χ3n) is 4.05. The fourth-order valence-electron chi connectivity index (χ4n) is 2.87. The Hall–Kier alpha value is -1.26. The largest absolute Gasteiger partial charge is 0.497 e. The number of hydrogen-bond donors (Lipinski definition) is 2. The molecule has 0 aromatic heterocycles. The van der Waals surface area contributed by atoms with Crippen molar-refractivity contribution in [1.29, 1.82) is 0 Å². The van der Waals surface area contributed by atoms with Crippen molar-refractivity contribution in [2.45, 2.75) is 37.8 Å². The van der Waals surface area contributed by atoms with Crippen LogP contribution in [0.3, 0.4) is 0 Å². The summed E-state index contributed by atoms with van der Waals surface area (Å²) in [6.07, 6.45) is 3.99. The standard InChI is InChI=1S/C15H23NO3/c1-18-11-7-8-12(13(9-11)19-2)14(16)15(17)10-5-3-4-6-10/h7-10,14-15,17H,3-6,16H2,1-2H3/t14-,15+/m1/s1. The molecule has 106 valence electrons. The Balaban J connectivity index is 2.19. The van der Waals surface area contributed by atoms with E-state index in [0.29, 0.717) is 11.7 Å². The molecular formula is C15H23NO3. The van der Waals surface area contributed by atoms with Crippen LogP contribution < -0.4 is 15.2 Å². The molecule has 0 amide bonds. The van der Waals surface area contributed by atoms with Gasteiger partial charge in [-0.25, -0.2) is 0 Å². The smallest absolute Gasteiger partial charge is 0.127 e. The topological polar surface area (TPSA) is 64.7 Å². The summed E-state index contributed by atoms with van der Waals surface area (Å²) in [6.45, 7) is 0. The van der Waals surface area contributed by atoms with Crippen LogP contribution in [0.2, 0.25) is 0 Å². The number of aliphatic hydroxyl groups excluding tert-OH is 1. The molecule has 3 N–H and O–H groups in total. The lowest BCUT2D eigenvalue weighted by molar-refractivity contribution is 0.0836. The minimum atomic E-state index is -0.509. The molecule has 1 aromatic carbocycles. The van der Waals surface area contributed by atoms with Gasteiger partial charge in [0.05, 0.1) is 26.4 Å². The minimum absolute atomic E-state index is 0.307. The Morgan fingerprint density at radius 1 is 1.21 bits per heavy atom. The fraction of sp³-hybridized carbons (Fsp3) is 0.600. The molecule has 0 bridgehead atoms. The lowest BCUT2D eigenvalue weighted by Crippen LogP contribution is -2.32. The van der Waals surface area contributed by atoms with E-state index in [1.54, 1.807) is 20.3 Å². The van der Waals surface area contributed by atoms with Crippen molar-refractivity contribution in [1.82, 2.24) is 0 Å². The Morgan fingerprint density at radius 3 is 2.47 bits per heavy atom. The van der Waals surface area contributed by atoms with Gasteiger partial charge in [-0.05, 0) is 30.9 Å². The first-order chi connectivity index (χ1) is 9.17. The molecule has 0 radical (unpaired) electrons. The van der Waals surface area contributed by atoms with E-state index >= 15 is 0 Å². The third kappa shape index (κ3) is 3.01. The molecular weight excluding hydrogens is 242 g/mol. The third-order valence-corrected chi connectivity index (χ3v) is 4.05. The van der Waals surface area contributed by atoms with Gasteiger partial charge in [-0.1, -0.05) is 12.8 Å². The van der Waals surface area contributed by atoms with E-state index in [9.17, 15) is 5.11 Å². The molecule has 1 aliphatic rings. The maximum absolute atomic E-state index is 10.4. The van der Waals surface area contributed by atoms with Gasteiger partial charge in [0.25, 0.3) is 0 Å². The zero-order valence-corrected chi connectivity index (χ0v) is 11.6. The van der Waals surface area contributed by atoms with E-state index in [4.69, 9.17) is 15.2 Å². The number of aliphatic hydroxyl groups is 1. The molecule has 1 saturated carbocycles. The molecule has 0 saturated heterocycles. The van der Waals surface area contributed by atoms with Crippen LogP contribution in [0, 0.1) is 5.92 Å². The lowest BCUT2D eigenvalue weighted by atomic mass is 9.90. The quantitative estimate of drug-likeness (QED) is 0.857. The highest BCUT2D eigenvalue weighted by atomic mass is 16.5. The predicted molar refractivity (Wildman–Crippen MR) is 74.4 cm³/mol. The van der Waals surface area contributed by atoms with E-state index in [2.05, 4.69) is 0 Å². The Kier molecular flexibility index (Phi) is 4.66. The van der Waals surface area contributed by atoms with Crippen molar-refractivity contribution in [2.24, 2.45) is 11.7 Å². The van der Waals surface area contributed by atoms with Crippen molar-refractivity contribution in [3.63, 3.8) is 0 Å². The summed E-state index contributed by atoms with van der Waals surface area (Å²) in [7, 11) is 3.22. The van der Waals surface area contributed by atoms with Gasteiger partial charge in [0, 0.05) is 11.6 Å². The van der Waals surface area contributed by atoms with Gasteiger partial charge >= 0.3 is 0 Å². The maximum atomic E-state index is 10.4. The maximum Gasteiger partial charge on any atom is 0.127 e. The monoisotopic (exact) mass is 265 g/mol. The summed E-state index contributed by atoms with van der Waals surface area (Å²) >= 11 is 0. The number of hydrogen-bond acceptors (Lipinski definition) is 4. The summed E-state index contributed by atoms with van der Waals surface area (Å²) in [6, 6.07) is 5.11. The molecule has 19 heavy (non-hydrogen) atoms. The molecule has 0 aliphatic heterocycles. The van der Waals surface area contributed by atoms with Crippen molar-refractivity contribution < 1.29 is 14.6 Å². The van der Waals surface area contributed by atoms with E-state index in [1.807, 2.05) is 12.1 Å². The van der Waals surface area contributed by atoms with Crippen LogP contribution in [0.5, 0.6) is 11.5 Å². The first kappa shape index (κ1) is 14.2. The Labute approximate surface area is 114 Å². The minimum Gasteiger partial charge on any atom is -0.497 e. The van der Waals surface area contributed by atoms with Crippen LogP contribution in [0.15, 0.2) is 18.2 Å². The number of nitrogens with two attached hydrogens (primary N) is 1. The van der Waals surface area contributed by atoms with Crippen LogP contribution in [-0.4, -0.2) is 25.4 Å². The Bertz CT molecular complexity index is 416. The highest BCUT2D eigenvalue weighted by Crippen LogP contribution is 2.36. The van der Waals surface area contributed by atoms with Crippen molar-refractivity contribution in [2.75, 3.05) is 14.2 Å². The summed E-state index contributed by atoms with van der Waals surface area (Å²) in [5, 5.41) is 10.4. The van der Waals surface area contributed by atoms with Crippen LogP contribution in [0.4, 0.5) is 0 Å². The van der Waals surface area contributed by atoms with Gasteiger partial charge in [0.15, 0.2) is 0 Å². The van der Waals surface area contributed by atoms with Gasteiger partial charge in [0.1, 0.15) is 11.5 Å². The highest BCUT2D eigenvalue weighted by Gasteiger charge is 2.30. The zero-order valence-electron chi connectivity index (χ0n) is 11.6. The second kappa shape index (κ2) is 6.26. The van der Waals surface area contributed by atoms with E-state index in [1.165, 1.54) is 12.8 Å². The van der Waals surface area contributed by atoms with E-state index < -0.39 is 12.1 Å². The predicted octanol–water partition coefficient (Wildman–Crippen LogP) is 2.25. The average molecular weight is 265 g/mol. The molecule has 0 unspecified atom stereocenters. The number of ether oxygens (including phenoxy) is 2. The summed E-state index contributed by atoms with van der Waals surface area (Å²) in [5.74, 6) is 1.70. The van der Waals surface area contributed by atoms with Crippen molar-refractivity contribution in [3.05, 3.63) is 23.8 Å². The number of benzene rings is 1. The van der Waals surface area contributed by atoms with Gasteiger partial charge < -0.3 is 20.3 Å². The van der Waals surface area contributed by atoms with Gasteiger partial charge in [-0.2, -0.15) is 0 Å². The van der Waals surface area contributed by atoms with Gasteiger partial charge in [-0.3, -0.25) is 0 Å². The summed E-state index contributed by atoms with van der Waals surface area (Å²) < 4.78 is 10.5. The SMILES string of the molecule is COc1ccc([C@@H](N)[C@@H](O)C2CCCC2)c(OC)c1. The fourth-order valence-corrected chi connectivity index (χ4v) is 2.87. The molecule has 1 aromatic rings. The van der Waals surface area contributed by atoms with E-state index in [-0.39, 0.29) is 0 Å². The van der Waals surface area contributed by atoms with Crippen LogP contribution >= 0.6 is 0 Å². The molecule has 2 rings (SSSR count). The normalized spacial score (nSPS) is 19.2. The van der Waals surface area contributed by atoms with Crippen LogP contribution in [0.25, 0.3) is 0 Å². The lowest BCUT2D eigenvalue weighted by Gasteiger charge is -2.26. The molecule has 1 fully saturated rings. The van der Waals surface area contributed by atoms with E-state index in [0.717, 1.165) is 24.2 Å². The van der Waals surface area contributed by atoms with Crippen molar-refractivity contribution in [3.8, 4) is 11.5 Å². The molecule has 0 heterocycles. The first-order valence-corrected chi connectivity index (χ1v) is 6.83. The number of rotatable bonds is 5. The second-order valence-corrected chi connectivity index (χ2v) is 5.17. The molecule has 0 spiro atoms. The van der Waals surface area contributed by atoms with Crippen molar-refractivity contribution >= 4 is 0 Å². The zero-order chi connectivity index (χ0) is 13.8.